The molecule has 3 heteroatoms. The van der Waals surface area contributed by atoms with E-state index in [-0.39, 0.29) is 6.10 Å². The Morgan fingerprint density at radius 3 is 3.00 bits per heavy atom. The normalized spacial score (nSPS) is 19.9. The fourth-order valence-electron chi connectivity index (χ4n) is 1.61. The predicted molar refractivity (Wildman–Crippen MR) is 60.4 cm³/mol. The average Bonchev–Trinajstić information content (AvgIpc) is 2.27. The van der Waals surface area contributed by atoms with Gasteiger partial charge in [-0.2, -0.15) is 0 Å². The summed E-state index contributed by atoms with van der Waals surface area (Å²) >= 11 is 0. The molecule has 1 N–H and O–H groups in total. The zero-order chi connectivity index (χ0) is 11.1. The number of amides is 1. The Morgan fingerprint density at radius 1 is 1.67 bits per heavy atom. The van der Waals surface area contributed by atoms with Gasteiger partial charge < -0.3 is 10.0 Å². The van der Waals surface area contributed by atoms with Crippen molar-refractivity contribution in [3.8, 4) is 0 Å². The van der Waals surface area contributed by atoms with Crippen LogP contribution in [0.3, 0.4) is 0 Å². The predicted octanol–water partition coefficient (Wildman–Crippen LogP) is 1.49. The van der Waals surface area contributed by atoms with Crippen LogP contribution in [0.2, 0.25) is 0 Å². The van der Waals surface area contributed by atoms with E-state index in [0.717, 1.165) is 38.8 Å². The van der Waals surface area contributed by atoms with Gasteiger partial charge in [-0.05, 0) is 26.2 Å². The van der Waals surface area contributed by atoms with E-state index in [9.17, 15) is 9.90 Å². The first-order valence-electron chi connectivity index (χ1n) is 5.51. The van der Waals surface area contributed by atoms with Crippen molar-refractivity contribution in [3.05, 3.63) is 23.8 Å². The first-order chi connectivity index (χ1) is 7.26. The van der Waals surface area contributed by atoms with Crippen LogP contribution >= 0.6 is 0 Å². The van der Waals surface area contributed by atoms with Crippen LogP contribution in [0, 0.1) is 0 Å². The van der Waals surface area contributed by atoms with Gasteiger partial charge in [0.25, 0.3) is 0 Å². The standard InChI is InChI=1S/C12H19NO2/c1-2-13(10-14)9-3-4-11-5-7-12(15)8-6-11/h5-7,10,12,15H,2-4,8-9H2,1H3. The molecule has 0 spiro atoms. The molecular weight excluding hydrogens is 190 g/mol. The van der Waals surface area contributed by atoms with E-state index in [1.165, 1.54) is 5.57 Å². The van der Waals surface area contributed by atoms with Crippen LogP contribution in [-0.2, 0) is 4.79 Å². The fraction of sp³-hybridized carbons (Fsp3) is 0.583. The maximum absolute atomic E-state index is 10.5. The number of rotatable bonds is 6. The fourth-order valence-corrected chi connectivity index (χ4v) is 1.61. The average molecular weight is 209 g/mol. The molecule has 15 heavy (non-hydrogen) atoms. The Labute approximate surface area is 91.1 Å². The number of nitrogens with zero attached hydrogens (tertiary/aromatic N) is 1. The van der Waals surface area contributed by atoms with Gasteiger partial charge >= 0.3 is 0 Å². The molecular formula is C12H19NO2. The quantitative estimate of drug-likeness (QED) is 0.673. The van der Waals surface area contributed by atoms with Crippen LogP contribution in [0.1, 0.15) is 26.2 Å². The first kappa shape index (κ1) is 12.0. The number of hydrogen-bond donors (Lipinski definition) is 1. The van der Waals surface area contributed by atoms with Crippen LogP contribution in [0.5, 0.6) is 0 Å². The molecule has 0 radical (unpaired) electrons. The summed E-state index contributed by atoms with van der Waals surface area (Å²) in [5.41, 5.74) is 1.27. The third kappa shape index (κ3) is 4.30. The lowest BCUT2D eigenvalue weighted by Gasteiger charge is -2.15. The molecule has 0 aromatic heterocycles. The topological polar surface area (TPSA) is 40.5 Å². The van der Waals surface area contributed by atoms with E-state index in [1.54, 1.807) is 4.90 Å². The molecule has 1 aliphatic carbocycles. The largest absolute Gasteiger partial charge is 0.389 e. The molecule has 1 unspecified atom stereocenters. The van der Waals surface area contributed by atoms with Crippen molar-refractivity contribution < 1.29 is 9.90 Å². The second-order valence-corrected chi connectivity index (χ2v) is 3.78. The molecule has 0 bridgehead atoms. The molecule has 0 saturated carbocycles. The second-order valence-electron chi connectivity index (χ2n) is 3.78. The first-order valence-corrected chi connectivity index (χ1v) is 5.51. The number of carbonyl (C=O) groups excluding carboxylic acids is 1. The highest BCUT2D eigenvalue weighted by molar-refractivity contribution is 5.46. The van der Waals surface area contributed by atoms with Crippen molar-refractivity contribution in [1.29, 1.82) is 0 Å². The second kappa shape index (κ2) is 6.40. The van der Waals surface area contributed by atoms with Gasteiger partial charge in [-0.1, -0.05) is 23.8 Å². The number of carbonyl (C=O) groups is 1. The maximum atomic E-state index is 10.5. The van der Waals surface area contributed by atoms with E-state index < -0.39 is 0 Å². The van der Waals surface area contributed by atoms with E-state index in [2.05, 4.69) is 6.08 Å². The van der Waals surface area contributed by atoms with Crippen LogP contribution in [0.25, 0.3) is 0 Å². The summed E-state index contributed by atoms with van der Waals surface area (Å²) in [5, 5.41) is 9.23. The van der Waals surface area contributed by atoms with Crippen molar-refractivity contribution in [2.24, 2.45) is 0 Å². The van der Waals surface area contributed by atoms with E-state index in [1.807, 2.05) is 19.1 Å². The highest BCUT2D eigenvalue weighted by Crippen LogP contribution is 2.15. The van der Waals surface area contributed by atoms with Gasteiger partial charge in [0.1, 0.15) is 0 Å². The van der Waals surface area contributed by atoms with Crippen LogP contribution in [0.4, 0.5) is 0 Å². The zero-order valence-corrected chi connectivity index (χ0v) is 9.22. The van der Waals surface area contributed by atoms with Crippen molar-refractivity contribution in [1.82, 2.24) is 4.90 Å². The summed E-state index contributed by atoms with van der Waals surface area (Å²) in [7, 11) is 0. The monoisotopic (exact) mass is 209 g/mol. The molecule has 84 valence electrons. The lowest BCUT2D eigenvalue weighted by Crippen LogP contribution is -2.22. The Bertz CT molecular complexity index is 258. The summed E-state index contributed by atoms with van der Waals surface area (Å²) in [6, 6.07) is 0. The molecule has 0 heterocycles. The van der Waals surface area contributed by atoms with Crippen molar-refractivity contribution in [3.63, 3.8) is 0 Å². The third-order valence-corrected chi connectivity index (χ3v) is 2.62. The minimum absolute atomic E-state index is 0.309. The van der Waals surface area contributed by atoms with Crippen LogP contribution in [-0.4, -0.2) is 35.6 Å². The maximum Gasteiger partial charge on any atom is 0.209 e. The SMILES string of the molecule is CCN(C=O)CCCC1=CCC(O)C=C1. The molecule has 0 aliphatic heterocycles. The molecule has 0 fully saturated rings. The Balaban J connectivity index is 2.21. The minimum atomic E-state index is -0.309. The number of aliphatic hydroxyl groups excluding tert-OH is 1. The van der Waals surface area contributed by atoms with Gasteiger partial charge in [0.2, 0.25) is 6.41 Å². The molecule has 1 rings (SSSR count). The van der Waals surface area contributed by atoms with Gasteiger partial charge in [0.05, 0.1) is 6.10 Å². The van der Waals surface area contributed by atoms with Crippen LogP contribution < -0.4 is 0 Å². The highest BCUT2D eigenvalue weighted by atomic mass is 16.3. The summed E-state index contributed by atoms with van der Waals surface area (Å²) in [4.78, 5) is 12.3. The number of hydrogen-bond acceptors (Lipinski definition) is 2. The zero-order valence-electron chi connectivity index (χ0n) is 9.22. The lowest BCUT2D eigenvalue weighted by atomic mass is 10.0. The van der Waals surface area contributed by atoms with Crippen LogP contribution in [0.15, 0.2) is 23.8 Å². The highest BCUT2D eigenvalue weighted by Gasteiger charge is 2.05. The van der Waals surface area contributed by atoms with Gasteiger partial charge in [0.15, 0.2) is 0 Å². The van der Waals surface area contributed by atoms with E-state index >= 15 is 0 Å². The number of aliphatic hydroxyl groups is 1. The molecule has 0 aromatic carbocycles. The van der Waals surface area contributed by atoms with E-state index in [0.29, 0.717) is 0 Å². The summed E-state index contributed by atoms with van der Waals surface area (Å²) < 4.78 is 0. The van der Waals surface area contributed by atoms with Gasteiger partial charge in [-0.25, -0.2) is 0 Å². The molecule has 1 amide bonds. The molecule has 1 atom stereocenters. The Kier molecular flexibility index (Phi) is 5.12. The molecule has 1 aliphatic rings. The van der Waals surface area contributed by atoms with Crippen molar-refractivity contribution >= 4 is 6.41 Å². The van der Waals surface area contributed by atoms with Gasteiger partial charge in [0, 0.05) is 13.1 Å². The van der Waals surface area contributed by atoms with Gasteiger partial charge in [-0.15, -0.1) is 0 Å². The summed E-state index contributed by atoms with van der Waals surface area (Å²) in [6.45, 7) is 3.56. The molecule has 3 nitrogen and oxygen atoms in total. The van der Waals surface area contributed by atoms with E-state index in [4.69, 9.17) is 0 Å². The smallest absolute Gasteiger partial charge is 0.209 e. The molecule has 0 saturated heterocycles. The summed E-state index contributed by atoms with van der Waals surface area (Å²) in [6.07, 6.45) is 9.15. The minimum Gasteiger partial charge on any atom is -0.389 e. The van der Waals surface area contributed by atoms with Crippen molar-refractivity contribution in [2.75, 3.05) is 13.1 Å². The lowest BCUT2D eigenvalue weighted by molar-refractivity contribution is -0.118. The summed E-state index contributed by atoms with van der Waals surface area (Å²) in [5.74, 6) is 0. The number of allylic oxidation sites excluding steroid dienone is 2. The Morgan fingerprint density at radius 2 is 2.47 bits per heavy atom. The third-order valence-electron chi connectivity index (χ3n) is 2.62. The van der Waals surface area contributed by atoms with Crippen molar-refractivity contribution in [2.45, 2.75) is 32.3 Å². The Hall–Kier alpha value is -1.09. The molecule has 0 aromatic rings. The van der Waals surface area contributed by atoms with Gasteiger partial charge in [-0.3, -0.25) is 4.79 Å².